The molecule has 0 atom stereocenters. The fourth-order valence-corrected chi connectivity index (χ4v) is 3.01. The molecule has 19 heavy (non-hydrogen) atoms. The summed E-state index contributed by atoms with van der Waals surface area (Å²) >= 11 is 0. The van der Waals surface area contributed by atoms with Crippen LogP contribution in [-0.2, 0) is 4.74 Å². The van der Waals surface area contributed by atoms with E-state index in [1.165, 1.54) is 38.5 Å². The molecule has 2 rings (SSSR count). The van der Waals surface area contributed by atoms with Gasteiger partial charge in [-0.3, -0.25) is 4.99 Å². The van der Waals surface area contributed by atoms with Crippen molar-refractivity contribution in [3.8, 4) is 0 Å². The van der Waals surface area contributed by atoms with Gasteiger partial charge in [0.25, 0.3) is 0 Å². The lowest BCUT2D eigenvalue weighted by atomic mass is 9.83. The Labute approximate surface area is 117 Å². The van der Waals surface area contributed by atoms with Crippen LogP contribution in [0.1, 0.15) is 44.9 Å². The first-order valence-electron chi connectivity index (χ1n) is 7.71. The molecule has 2 aliphatic carbocycles. The normalized spacial score (nSPS) is 22.5. The molecule has 0 unspecified atom stereocenters. The Hall–Kier alpha value is -0.770. The van der Waals surface area contributed by atoms with Gasteiger partial charge in [-0.25, -0.2) is 0 Å². The van der Waals surface area contributed by atoms with E-state index in [4.69, 9.17) is 4.74 Å². The van der Waals surface area contributed by atoms with Crippen LogP contribution in [0.2, 0.25) is 0 Å². The monoisotopic (exact) mass is 267 g/mol. The molecular weight excluding hydrogens is 238 g/mol. The van der Waals surface area contributed by atoms with E-state index in [0.29, 0.717) is 5.41 Å². The van der Waals surface area contributed by atoms with Crippen LogP contribution in [0.4, 0.5) is 0 Å². The van der Waals surface area contributed by atoms with Crippen molar-refractivity contribution in [2.24, 2.45) is 16.3 Å². The molecule has 2 aliphatic rings. The van der Waals surface area contributed by atoms with Gasteiger partial charge in [0.2, 0.25) is 0 Å². The van der Waals surface area contributed by atoms with E-state index in [-0.39, 0.29) is 0 Å². The van der Waals surface area contributed by atoms with E-state index in [2.05, 4.69) is 15.6 Å². The van der Waals surface area contributed by atoms with Crippen LogP contribution in [0.15, 0.2) is 4.99 Å². The topological polar surface area (TPSA) is 45.7 Å². The SMILES string of the molecule is CN=C(NCC1CC1)NCC1(CCOC)CCCC1. The third kappa shape index (κ3) is 4.68. The van der Waals surface area contributed by atoms with E-state index in [0.717, 1.165) is 38.0 Å². The van der Waals surface area contributed by atoms with Crippen molar-refractivity contribution in [2.75, 3.05) is 33.9 Å². The lowest BCUT2D eigenvalue weighted by Crippen LogP contribution is -2.43. The summed E-state index contributed by atoms with van der Waals surface area (Å²) in [5.74, 6) is 1.85. The molecule has 4 nitrogen and oxygen atoms in total. The lowest BCUT2D eigenvalue weighted by molar-refractivity contribution is 0.138. The van der Waals surface area contributed by atoms with Crippen molar-refractivity contribution in [1.82, 2.24) is 10.6 Å². The number of guanidine groups is 1. The summed E-state index contributed by atoms with van der Waals surface area (Å²) in [6.45, 7) is 2.97. The summed E-state index contributed by atoms with van der Waals surface area (Å²) in [7, 11) is 3.66. The highest BCUT2D eigenvalue weighted by atomic mass is 16.5. The van der Waals surface area contributed by atoms with Crippen LogP contribution >= 0.6 is 0 Å². The molecule has 0 amide bonds. The summed E-state index contributed by atoms with van der Waals surface area (Å²) in [5, 5.41) is 6.96. The Kier molecular flexibility index (Phi) is 5.49. The average molecular weight is 267 g/mol. The first-order valence-corrected chi connectivity index (χ1v) is 7.71. The molecule has 2 N–H and O–H groups in total. The second-order valence-corrected chi connectivity index (χ2v) is 6.20. The number of nitrogens with zero attached hydrogens (tertiary/aromatic N) is 1. The third-order valence-corrected chi connectivity index (χ3v) is 4.61. The van der Waals surface area contributed by atoms with Gasteiger partial charge < -0.3 is 15.4 Å². The van der Waals surface area contributed by atoms with Gasteiger partial charge >= 0.3 is 0 Å². The number of nitrogens with one attached hydrogen (secondary N) is 2. The van der Waals surface area contributed by atoms with Gasteiger partial charge in [-0.15, -0.1) is 0 Å². The Morgan fingerprint density at radius 2 is 2.00 bits per heavy atom. The second kappa shape index (κ2) is 7.13. The van der Waals surface area contributed by atoms with E-state index >= 15 is 0 Å². The van der Waals surface area contributed by atoms with Crippen LogP contribution in [0.3, 0.4) is 0 Å². The van der Waals surface area contributed by atoms with Crippen molar-refractivity contribution < 1.29 is 4.74 Å². The molecule has 110 valence electrons. The number of rotatable bonds is 7. The Bertz CT molecular complexity index is 294. The van der Waals surface area contributed by atoms with E-state index in [1.807, 2.05) is 7.05 Å². The maximum Gasteiger partial charge on any atom is 0.191 e. The molecule has 2 fully saturated rings. The first kappa shape index (κ1) is 14.6. The largest absolute Gasteiger partial charge is 0.385 e. The third-order valence-electron chi connectivity index (χ3n) is 4.61. The zero-order valence-corrected chi connectivity index (χ0v) is 12.5. The highest BCUT2D eigenvalue weighted by Gasteiger charge is 2.33. The molecule has 0 saturated heterocycles. The summed E-state index contributed by atoms with van der Waals surface area (Å²) in [4.78, 5) is 4.32. The quantitative estimate of drug-likeness (QED) is 0.549. The van der Waals surface area contributed by atoms with Crippen LogP contribution in [0.25, 0.3) is 0 Å². The number of hydrogen-bond donors (Lipinski definition) is 2. The average Bonchev–Trinajstić information content (AvgIpc) is 3.15. The molecule has 0 heterocycles. The molecule has 0 aromatic carbocycles. The van der Waals surface area contributed by atoms with Gasteiger partial charge in [-0.1, -0.05) is 12.8 Å². The predicted octanol–water partition coefficient (Wildman–Crippen LogP) is 2.16. The van der Waals surface area contributed by atoms with Crippen molar-refractivity contribution in [2.45, 2.75) is 44.9 Å². The zero-order valence-electron chi connectivity index (χ0n) is 12.5. The van der Waals surface area contributed by atoms with Crippen LogP contribution in [0, 0.1) is 11.3 Å². The maximum absolute atomic E-state index is 5.28. The fraction of sp³-hybridized carbons (Fsp3) is 0.933. The Morgan fingerprint density at radius 1 is 1.26 bits per heavy atom. The van der Waals surface area contributed by atoms with Crippen LogP contribution in [-0.4, -0.2) is 39.8 Å². The van der Waals surface area contributed by atoms with Crippen molar-refractivity contribution in [3.05, 3.63) is 0 Å². The van der Waals surface area contributed by atoms with Gasteiger partial charge in [0.15, 0.2) is 5.96 Å². The molecular formula is C15H29N3O. The van der Waals surface area contributed by atoms with Crippen molar-refractivity contribution in [3.63, 3.8) is 0 Å². The smallest absolute Gasteiger partial charge is 0.191 e. The van der Waals surface area contributed by atoms with Gasteiger partial charge in [0.05, 0.1) is 0 Å². The zero-order chi connectivity index (χ0) is 13.6. The number of aliphatic imine (C=N–C) groups is 1. The summed E-state index contributed by atoms with van der Waals surface area (Å²) in [5.41, 5.74) is 0.424. The number of methoxy groups -OCH3 is 1. The molecule has 0 radical (unpaired) electrons. The van der Waals surface area contributed by atoms with Gasteiger partial charge in [-0.05, 0) is 43.4 Å². The van der Waals surface area contributed by atoms with Crippen molar-refractivity contribution in [1.29, 1.82) is 0 Å². The van der Waals surface area contributed by atoms with E-state index in [1.54, 1.807) is 7.11 Å². The molecule has 0 bridgehead atoms. The maximum atomic E-state index is 5.28. The molecule has 0 aliphatic heterocycles. The molecule has 2 saturated carbocycles. The Morgan fingerprint density at radius 3 is 2.58 bits per heavy atom. The molecule has 4 heteroatoms. The molecule has 0 aromatic rings. The van der Waals surface area contributed by atoms with Crippen LogP contribution in [0.5, 0.6) is 0 Å². The Balaban J connectivity index is 1.75. The highest BCUT2D eigenvalue weighted by Crippen LogP contribution is 2.40. The summed E-state index contributed by atoms with van der Waals surface area (Å²) < 4.78 is 5.28. The number of hydrogen-bond acceptors (Lipinski definition) is 2. The second-order valence-electron chi connectivity index (χ2n) is 6.20. The minimum absolute atomic E-state index is 0.424. The minimum Gasteiger partial charge on any atom is -0.385 e. The minimum atomic E-state index is 0.424. The predicted molar refractivity (Wildman–Crippen MR) is 79.5 cm³/mol. The highest BCUT2D eigenvalue weighted by molar-refractivity contribution is 5.79. The summed E-state index contributed by atoms with van der Waals surface area (Å²) in [6, 6.07) is 0. The summed E-state index contributed by atoms with van der Waals surface area (Å²) in [6.07, 6.45) is 9.28. The van der Waals surface area contributed by atoms with Gasteiger partial charge in [-0.2, -0.15) is 0 Å². The van der Waals surface area contributed by atoms with E-state index in [9.17, 15) is 0 Å². The lowest BCUT2D eigenvalue weighted by Gasteiger charge is -2.30. The first-order chi connectivity index (χ1) is 9.28. The standard InChI is InChI=1S/C15H29N3O/c1-16-14(17-11-13-5-6-13)18-12-15(9-10-19-2)7-3-4-8-15/h13H,3-12H2,1-2H3,(H2,16,17,18). The molecule has 0 spiro atoms. The van der Waals surface area contributed by atoms with Crippen LogP contribution < -0.4 is 10.6 Å². The van der Waals surface area contributed by atoms with E-state index < -0.39 is 0 Å². The number of ether oxygens (including phenoxy) is 1. The van der Waals surface area contributed by atoms with Crippen molar-refractivity contribution >= 4 is 5.96 Å². The van der Waals surface area contributed by atoms with Gasteiger partial charge in [0.1, 0.15) is 0 Å². The molecule has 0 aromatic heterocycles. The fourth-order valence-electron chi connectivity index (χ4n) is 3.01. The van der Waals surface area contributed by atoms with Gasteiger partial charge in [0, 0.05) is 33.9 Å².